The molecule has 0 radical (unpaired) electrons. The van der Waals surface area contributed by atoms with Gasteiger partial charge in [0.1, 0.15) is 5.65 Å². The number of carbonyl (C=O) groups is 1. The van der Waals surface area contributed by atoms with E-state index in [2.05, 4.69) is 27.1 Å². The summed E-state index contributed by atoms with van der Waals surface area (Å²) in [4.78, 5) is 23.3. The highest BCUT2D eigenvalue weighted by Crippen LogP contribution is 2.40. The van der Waals surface area contributed by atoms with E-state index in [4.69, 9.17) is 5.73 Å². The van der Waals surface area contributed by atoms with E-state index in [9.17, 15) is 9.90 Å². The third-order valence-electron chi connectivity index (χ3n) is 5.84. The SMILES string of the molecule is CN=CC(=CN)c1ccc2cnc3[nH]cc(C4CCC(C(=O)O)CC4)c3c2c1. The summed E-state index contributed by atoms with van der Waals surface area (Å²) in [7, 11) is 1.73. The molecule has 144 valence electrons. The lowest BCUT2D eigenvalue weighted by Gasteiger charge is -2.26. The van der Waals surface area contributed by atoms with Gasteiger partial charge in [-0.05, 0) is 54.2 Å². The van der Waals surface area contributed by atoms with Crippen LogP contribution in [0.2, 0.25) is 0 Å². The maximum atomic E-state index is 11.3. The van der Waals surface area contributed by atoms with Crippen molar-refractivity contribution in [1.29, 1.82) is 0 Å². The molecule has 6 heteroatoms. The van der Waals surface area contributed by atoms with Crippen LogP contribution in [-0.2, 0) is 4.79 Å². The topological polar surface area (TPSA) is 104 Å². The number of carboxylic acid groups (broad SMARTS) is 1. The first-order valence-corrected chi connectivity index (χ1v) is 9.59. The van der Waals surface area contributed by atoms with Crippen molar-refractivity contribution in [1.82, 2.24) is 9.97 Å². The minimum absolute atomic E-state index is 0.214. The predicted octanol–water partition coefficient (Wildman–Crippen LogP) is 4.07. The number of aliphatic imine (C=N–C) groups is 1. The van der Waals surface area contributed by atoms with Crippen molar-refractivity contribution in [2.24, 2.45) is 16.6 Å². The number of pyridine rings is 1. The Morgan fingerprint density at radius 3 is 2.79 bits per heavy atom. The predicted molar refractivity (Wildman–Crippen MR) is 113 cm³/mol. The normalized spacial score (nSPS) is 21.0. The van der Waals surface area contributed by atoms with Crippen LogP contribution >= 0.6 is 0 Å². The van der Waals surface area contributed by atoms with Gasteiger partial charge in [-0.3, -0.25) is 9.79 Å². The Labute approximate surface area is 163 Å². The monoisotopic (exact) mass is 376 g/mol. The minimum atomic E-state index is -0.673. The molecule has 4 rings (SSSR count). The molecular formula is C22H24N4O2. The molecule has 1 aliphatic carbocycles. The lowest BCUT2D eigenvalue weighted by Crippen LogP contribution is -2.20. The molecule has 3 aromatic rings. The summed E-state index contributed by atoms with van der Waals surface area (Å²) in [6.07, 6.45) is 10.5. The Balaban J connectivity index is 1.80. The van der Waals surface area contributed by atoms with Gasteiger partial charge in [-0.1, -0.05) is 12.1 Å². The van der Waals surface area contributed by atoms with Gasteiger partial charge in [0.2, 0.25) is 0 Å². The second-order valence-corrected chi connectivity index (χ2v) is 7.42. The highest BCUT2D eigenvalue weighted by Gasteiger charge is 2.28. The number of nitrogens with zero attached hydrogens (tertiary/aromatic N) is 2. The summed E-state index contributed by atoms with van der Waals surface area (Å²) in [6.45, 7) is 0. The largest absolute Gasteiger partial charge is 0.481 e. The number of rotatable bonds is 4. The number of nitrogens with one attached hydrogen (secondary N) is 1. The Bertz CT molecular complexity index is 1090. The van der Waals surface area contributed by atoms with Gasteiger partial charge in [-0.15, -0.1) is 0 Å². The third kappa shape index (κ3) is 3.15. The first-order chi connectivity index (χ1) is 13.6. The number of fused-ring (bicyclic) bond motifs is 3. The number of hydrogen-bond acceptors (Lipinski definition) is 4. The molecule has 0 amide bonds. The van der Waals surface area contributed by atoms with Gasteiger partial charge in [0.05, 0.1) is 5.92 Å². The summed E-state index contributed by atoms with van der Waals surface area (Å²) >= 11 is 0. The highest BCUT2D eigenvalue weighted by atomic mass is 16.4. The van der Waals surface area contributed by atoms with Crippen molar-refractivity contribution >= 4 is 39.6 Å². The number of aromatic amines is 1. The molecule has 0 bridgehead atoms. The van der Waals surface area contributed by atoms with E-state index >= 15 is 0 Å². The number of H-pyrrole nitrogens is 1. The zero-order valence-electron chi connectivity index (χ0n) is 15.9. The van der Waals surface area contributed by atoms with Crippen LogP contribution in [0.25, 0.3) is 27.4 Å². The maximum Gasteiger partial charge on any atom is 0.306 e. The molecule has 1 saturated carbocycles. The molecule has 0 aliphatic heterocycles. The summed E-state index contributed by atoms with van der Waals surface area (Å²) < 4.78 is 0. The van der Waals surface area contributed by atoms with Crippen LogP contribution in [-0.4, -0.2) is 34.3 Å². The van der Waals surface area contributed by atoms with Gasteiger partial charge in [-0.2, -0.15) is 0 Å². The number of nitrogens with two attached hydrogens (primary N) is 1. The summed E-state index contributed by atoms with van der Waals surface area (Å²) in [5.41, 5.74) is 9.77. The third-order valence-corrected chi connectivity index (χ3v) is 5.84. The average molecular weight is 376 g/mol. The zero-order valence-corrected chi connectivity index (χ0v) is 15.9. The van der Waals surface area contributed by atoms with Crippen molar-refractivity contribution in [3.05, 3.63) is 47.9 Å². The number of aliphatic carboxylic acids is 1. The lowest BCUT2D eigenvalue weighted by molar-refractivity contribution is -0.142. The van der Waals surface area contributed by atoms with Crippen molar-refractivity contribution < 1.29 is 9.90 Å². The smallest absolute Gasteiger partial charge is 0.306 e. The molecule has 0 saturated heterocycles. The number of carboxylic acids is 1. The first-order valence-electron chi connectivity index (χ1n) is 9.59. The Morgan fingerprint density at radius 2 is 2.11 bits per heavy atom. The summed E-state index contributed by atoms with van der Waals surface area (Å²) in [6, 6.07) is 6.22. The molecule has 0 spiro atoms. The van der Waals surface area contributed by atoms with E-state index in [0.29, 0.717) is 5.92 Å². The van der Waals surface area contributed by atoms with Gasteiger partial charge in [0, 0.05) is 48.2 Å². The van der Waals surface area contributed by atoms with Crippen LogP contribution in [0.5, 0.6) is 0 Å². The van der Waals surface area contributed by atoms with Crippen LogP contribution in [0.3, 0.4) is 0 Å². The minimum Gasteiger partial charge on any atom is -0.481 e. The van der Waals surface area contributed by atoms with Crippen LogP contribution in [0.4, 0.5) is 0 Å². The standard InChI is InChI=1S/C22H24N4O2/c1-24-10-17(9-23)15-6-7-16-11-25-21-20(18(16)8-15)19(12-26-21)13-2-4-14(5-3-13)22(27)28/h6-14H,2-5,23H2,1H3,(H,25,26)(H,27,28). The van der Waals surface area contributed by atoms with Gasteiger partial charge < -0.3 is 15.8 Å². The first kappa shape index (κ1) is 18.2. The van der Waals surface area contributed by atoms with E-state index in [1.807, 2.05) is 18.5 Å². The van der Waals surface area contributed by atoms with E-state index in [-0.39, 0.29) is 5.92 Å². The fourth-order valence-electron chi connectivity index (χ4n) is 4.34. The highest BCUT2D eigenvalue weighted by molar-refractivity contribution is 6.13. The number of aromatic nitrogens is 2. The number of hydrogen-bond donors (Lipinski definition) is 3. The summed E-state index contributed by atoms with van der Waals surface area (Å²) in [5.74, 6) is -0.538. The Hall–Kier alpha value is -3.15. The molecule has 1 fully saturated rings. The fraction of sp³-hybridized carbons (Fsp3) is 0.318. The molecule has 6 nitrogen and oxygen atoms in total. The zero-order chi connectivity index (χ0) is 19.7. The van der Waals surface area contributed by atoms with Gasteiger partial charge in [-0.25, -0.2) is 4.98 Å². The van der Waals surface area contributed by atoms with Gasteiger partial charge in [0.15, 0.2) is 0 Å². The molecule has 4 N–H and O–H groups in total. The molecule has 0 atom stereocenters. The quantitative estimate of drug-likeness (QED) is 0.597. The molecular weight excluding hydrogens is 352 g/mol. The van der Waals surface area contributed by atoms with Crippen LogP contribution in [0.1, 0.15) is 42.7 Å². The number of allylic oxidation sites excluding steroid dienone is 1. The molecule has 2 aromatic heterocycles. The van der Waals surface area contributed by atoms with E-state index in [1.54, 1.807) is 19.5 Å². The molecule has 1 aliphatic rings. The van der Waals surface area contributed by atoms with Crippen molar-refractivity contribution in [2.45, 2.75) is 31.6 Å². The van der Waals surface area contributed by atoms with Crippen molar-refractivity contribution in [3.8, 4) is 0 Å². The van der Waals surface area contributed by atoms with Crippen molar-refractivity contribution in [3.63, 3.8) is 0 Å². The second kappa shape index (κ2) is 7.46. The average Bonchev–Trinajstić information content (AvgIpc) is 3.16. The molecule has 1 aromatic carbocycles. The Morgan fingerprint density at radius 1 is 1.32 bits per heavy atom. The molecule has 28 heavy (non-hydrogen) atoms. The van der Waals surface area contributed by atoms with Gasteiger partial charge >= 0.3 is 5.97 Å². The van der Waals surface area contributed by atoms with Gasteiger partial charge in [0.25, 0.3) is 0 Å². The number of benzene rings is 1. The second-order valence-electron chi connectivity index (χ2n) is 7.42. The van der Waals surface area contributed by atoms with Crippen LogP contribution < -0.4 is 5.73 Å². The van der Waals surface area contributed by atoms with E-state index in [0.717, 1.165) is 58.6 Å². The van der Waals surface area contributed by atoms with Crippen LogP contribution in [0.15, 0.2) is 41.8 Å². The van der Waals surface area contributed by atoms with E-state index < -0.39 is 5.97 Å². The maximum absolute atomic E-state index is 11.3. The Kier molecular flexibility index (Phi) is 4.86. The van der Waals surface area contributed by atoms with Crippen molar-refractivity contribution in [2.75, 3.05) is 7.05 Å². The fourth-order valence-corrected chi connectivity index (χ4v) is 4.34. The summed E-state index contributed by atoms with van der Waals surface area (Å²) in [5, 5.41) is 12.6. The van der Waals surface area contributed by atoms with E-state index in [1.165, 1.54) is 5.56 Å². The lowest BCUT2D eigenvalue weighted by atomic mass is 9.78. The van der Waals surface area contributed by atoms with Crippen LogP contribution in [0, 0.1) is 5.92 Å². The molecule has 0 unspecified atom stereocenters. The molecule has 2 heterocycles.